The molecule has 10 heavy (non-hydrogen) atoms. The van der Waals surface area contributed by atoms with Crippen molar-refractivity contribution in [2.24, 2.45) is 11.5 Å². The minimum absolute atomic E-state index is 0.0467. The molecule has 0 spiro atoms. The summed E-state index contributed by atoms with van der Waals surface area (Å²) in [5.74, 6) is 0.0467. The van der Waals surface area contributed by atoms with Crippen LogP contribution in [0.3, 0.4) is 0 Å². The van der Waals surface area contributed by atoms with Crippen molar-refractivity contribution >= 4 is 5.78 Å². The zero-order valence-corrected chi connectivity index (χ0v) is 6.34. The molecule has 0 bridgehead atoms. The molecule has 0 aromatic heterocycles. The molecule has 0 aliphatic carbocycles. The van der Waals surface area contributed by atoms with Crippen LogP contribution in [0.25, 0.3) is 0 Å². The summed E-state index contributed by atoms with van der Waals surface area (Å²) >= 11 is 0. The van der Waals surface area contributed by atoms with Gasteiger partial charge in [-0.25, -0.2) is 0 Å². The summed E-state index contributed by atoms with van der Waals surface area (Å²) in [6, 6.07) is -0.303. The zero-order chi connectivity index (χ0) is 7.98. The van der Waals surface area contributed by atoms with Crippen molar-refractivity contribution in [1.82, 2.24) is 0 Å². The molecule has 3 nitrogen and oxygen atoms in total. The Balaban J connectivity index is 3.21. The van der Waals surface area contributed by atoms with Crippen molar-refractivity contribution in [1.29, 1.82) is 0 Å². The topological polar surface area (TPSA) is 69.1 Å². The predicted molar refractivity (Wildman–Crippen MR) is 41.2 cm³/mol. The van der Waals surface area contributed by atoms with E-state index in [0.717, 1.165) is 6.42 Å². The number of hydrogen-bond donors (Lipinski definition) is 2. The van der Waals surface area contributed by atoms with Crippen molar-refractivity contribution < 1.29 is 4.79 Å². The number of unbranched alkanes of at least 4 members (excludes halogenated alkanes) is 1. The number of hydrogen-bond acceptors (Lipinski definition) is 3. The molecule has 1 atom stereocenters. The molecule has 0 aliphatic rings. The highest BCUT2D eigenvalue weighted by Gasteiger charge is 2.08. The number of carbonyl (C=O) groups excluding carboxylic acids is 1. The summed E-state index contributed by atoms with van der Waals surface area (Å²) in [6.07, 6.45) is 3.46. The Morgan fingerprint density at radius 2 is 2.30 bits per heavy atom. The summed E-state index contributed by atoms with van der Waals surface area (Å²) < 4.78 is 0. The van der Waals surface area contributed by atoms with E-state index in [1.807, 2.05) is 6.42 Å². The summed E-state index contributed by atoms with van der Waals surface area (Å²) in [7, 11) is 0. The second-order valence-corrected chi connectivity index (χ2v) is 2.32. The fraction of sp³-hybridized carbons (Fsp3) is 0.714. The van der Waals surface area contributed by atoms with Crippen LogP contribution in [0, 0.1) is 6.42 Å². The van der Waals surface area contributed by atoms with Crippen LogP contribution in [0.1, 0.15) is 19.8 Å². The number of Topliss-reactive ketones (excluding diaryl/α,β-unsaturated/α-hetero) is 1. The van der Waals surface area contributed by atoms with Crippen LogP contribution in [0.5, 0.6) is 0 Å². The van der Waals surface area contributed by atoms with Crippen LogP contribution in [0.2, 0.25) is 0 Å². The average Bonchev–Trinajstić information content (AvgIpc) is 1.88. The minimum atomic E-state index is -0.303. The molecule has 0 heterocycles. The molecule has 4 N–H and O–H groups in total. The van der Waals surface area contributed by atoms with Crippen molar-refractivity contribution in [2.45, 2.75) is 25.8 Å². The maximum Gasteiger partial charge on any atom is 0.146 e. The molecule has 0 fully saturated rings. The largest absolute Gasteiger partial charge is 0.321 e. The number of rotatable bonds is 5. The summed E-state index contributed by atoms with van der Waals surface area (Å²) in [6.45, 7) is 2.07. The van der Waals surface area contributed by atoms with Gasteiger partial charge in [-0.15, -0.1) is 0 Å². The summed E-state index contributed by atoms with van der Waals surface area (Å²) in [5, 5.41) is 0. The molecule has 0 aliphatic heterocycles. The highest BCUT2D eigenvalue weighted by Crippen LogP contribution is 1.96. The Labute approximate surface area is 61.8 Å². The van der Waals surface area contributed by atoms with E-state index in [9.17, 15) is 4.79 Å². The van der Waals surface area contributed by atoms with Crippen LogP contribution in [0.15, 0.2) is 0 Å². The molecule has 0 saturated heterocycles. The quantitative estimate of drug-likeness (QED) is 0.415. The van der Waals surface area contributed by atoms with E-state index < -0.39 is 0 Å². The van der Waals surface area contributed by atoms with Crippen molar-refractivity contribution in [3.63, 3.8) is 0 Å². The summed E-state index contributed by atoms with van der Waals surface area (Å²) in [5.41, 5.74) is 10.7. The van der Waals surface area contributed by atoms with Gasteiger partial charge in [-0.2, -0.15) is 0 Å². The molecule has 3 heteroatoms. The lowest BCUT2D eigenvalue weighted by molar-refractivity contribution is -0.118. The van der Waals surface area contributed by atoms with Crippen molar-refractivity contribution in [3.05, 3.63) is 6.42 Å². The minimum Gasteiger partial charge on any atom is -0.321 e. The number of carbonyl (C=O) groups is 1. The number of ketones is 1. The highest BCUT2D eigenvalue weighted by atomic mass is 16.1. The van der Waals surface area contributed by atoms with Crippen LogP contribution in [-0.2, 0) is 4.79 Å². The lowest BCUT2D eigenvalue weighted by atomic mass is 10.1. The van der Waals surface area contributed by atoms with E-state index >= 15 is 0 Å². The third kappa shape index (κ3) is 4.35. The maximum atomic E-state index is 10.6. The van der Waals surface area contributed by atoms with Crippen LogP contribution < -0.4 is 11.5 Å². The smallest absolute Gasteiger partial charge is 0.146 e. The Hall–Kier alpha value is -0.540. The lowest BCUT2D eigenvalue weighted by Gasteiger charge is -2.01. The Kier molecular flexibility index (Phi) is 4.98. The van der Waals surface area contributed by atoms with E-state index in [4.69, 9.17) is 11.5 Å². The Morgan fingerprint density at radius 1 is 1.70 bits per heavy atom. The second-order valence-electron chi connectivity index (χ2n) is 2.32. The Morgan fingerprint density at radius 3 is 2.70 bits per heavy atom. The van der Waals surface area contributed by atoms with Crippen molar-refractivity contribution in [2.75, 3.05) is 6.54 Å². The van der Waals surface area contributed by atoms with Gasteiger partial charge in [0.2, 0.25) is 0 Å². The van der Waals surface area contributed by atoms with Gasteiger partial charge >= 0.3 is 0 Å². The molecule has 1 unspecified atom stereocenters. The van der Waals surface area contributed by atoms with Gasteiger partial charge in [0, 0.05) is 6.42 Å². The maximum absolute atomic E-state index is 10.6. The van der Waals surface area contributed by atoms with Gasteiger partial charge < -0.3 is 5.73 Å². The van der Waals surface area contributed by atoms with Crippen LogP contribution in [0.4, 0.5) is 0 Å². The first-order chi connectivity index (χ1) is 4.68. The molecular weight excluding hydrogens is 128 g/mol. The van der Waals surface area contributed by atoms with Gasteiger partial charge in [-0.05, 0) is 6.92 Å². The first kappa shape index (κ1) is 9.46. The molecule has 58 valence electrons. The van der Waals surface area contributed by atoms with Gasteiger partial charge in [0.05, 0.1) is 18.9 Å². The fourth-order valence-electron chi connectivity index (χ4n) is 0.619. The fourth-order valence-corrected chi connectivity index (χ4v) is 0.619. The molecule has 0 radical (unpaired) electrons. The predicted octanol–water partition coefficient (Wildman–Crippen LogP) is -0.154. The van der Waals surface area contributed by atoms with Gasteiger partial charge in [0.15, 0.2) is 0 Å². The SMILES string of the molecule is CC(=O)C(N)CC[CH+]CN. The molecule has 0 saturated carbocycles. The molecule has 0 aromatic carbocycles. The molecule has 0 amide bonds. The van der Waals surface area contributed by atoms with Gasteiger partial charge in [0.25, 0.3) is 0 Å². The standard InChI is InChI=1S/C7H15N2O/c1-6(10)7(9)4-2-3-5-8/h3,7H,2,4-5,8-9H2,1H3/q+1. The van der Waals surface area contributed by atoms with Crippen molar-refractivity contribution in [3.8, 4) is 0 Å². The van der Waals surface area contributed by atoms with Gasteiger partial charge in [-0.3, -0.25) is 10.5 Å². The third-order valence-electron chi connectivity index (χ3n) is 1.37. The van der Waals surface area contributed by atoms with Gasteiger partial charge in [-0.1, -0.05) is 0 Å². The summed E-state index contributed by atoms with van der Waals surface area (Å²) in [4.78, 5) is 10.6. The van der Waals surface area contributed by atoms with Crippen LogP contribution in [-0.4, -0.2) is 18.4 Å². The van der Waals surface area contributed by atoms with E-state index in [2.05, 4.69) is 0 Å². The molecular formula is C7H15N2O+. The highest BCUT2D eigenvalue weighted by molar-refractivity contribution is 5.81. The second kappa shape index (κ2) is 5.26. The van der Waals surface area contributed by atoms with Gasteiger partial charge in [0.1, 0.15) is 12.3 Å². The average molecular weight is 143 g/mol. The first-order valence-corrected chi connectivity index (χ1v) is 3.46. The molecule has 0 rings (SSSR count). The number of nitrogens with two attached hydrogens (primary N) is 2. The third-order valence-corrected chi connectivity index (χ3v) is 1.37. The Bertz CT molecular complexity index is 104. The van der Waals surface area contributed by atoms with E-state index in [1.165, 1.54) is 6.92 Å². The normalized spacial score (nSPS) is 12.7. The lowest BCUT2D eigenvalue weighted by Crippen LogP contribution is -2.28. The zero-order valence-electron chi connectivity index (χ0n) is 6.34. The molecule has 0 aromatic rings. The van der Waals surface area contributed by atoms with Crippen LogP contribution >= 0.6 is 0 Å². The van der Waals surface area contributed by atoms with E-state index in [0.29, 0.717) is 13.0 Å². The monoisotopic (exact) mass is 143 g/mol. The first-order valence-electron chi connectivity index (χ1n) is 3.46. The van der Waals surface area contributed by atoms with E-state index in [1.54, 1.807) is 0 Å². The van der Waals surface area contributed by atoms with E-state index in [-0.39, 0.29) is 11.8 Å².